The fourth-order valence-corrected chi connectivity index (χ4v) is 3.79. The summed E-state index contributed by atoms with van der Waals surface area (Å²) in [5, 5.41) is 2.59. The second kappa shape index (κ2) is 7.99. The summed E-state index contributed by atoms with van der Waals surface area (Å²) in [6.07, 6.45) is 5.20. The van der Waals surface area contributed by atoms with E-state index in [0.717, 1.165) is 15.6 Å². The minimum absolute atomic E-state index is 0.192. The average Bonchev–Trinajstić information content (AvgIpc) is 2.91. The molecule has 1 N–H and O–H groups in total. The standard InChI is InChI=1S/C17H13BrN2O3S2/c1-22-13-7-11(8-14-16(21)20-17(24)25-14)6-12(18)15(13)23-9-10-2-4-19-5-3-10/h2-8H,9H2,1H3,(H,20,21,24)/b14-8+. The van der Waals surface area contributed by atoms with Crippen molar-refractivity contribution in [2.24, 2.45) is 0 Å². The molecule has 0 aliphatic carbocycles. The number of thiocarbonyl (C=S) groups is 1. The number of hydrogen-bond donors (Lipinski definition) is 1. The van der Waals surface area contributed by atoms with Gasteiger partial charge in [-0.1, -0.05) is 24.0 Å². The number of rotatable bonds is 5. The molecule has 1 fully saturated rings. The van der Waals surface area contributed by atoms with Crippen molar-refractivity contribution < 1.29 is 14.3 Å². The van der Waals surface area contributed by atoms with Crippen LogP contribution < -0.4 is 14.8 Å². The van der Waals surface area contributed by atoms with Gasteiger partial charge in [-0.05, 0) is 57.4 Å². The molecule has 1 aromatic carbocycles. The molecule has 1 aliphatic rings. The number of ether oxygens (including phenoxy) is 2. The minimum Gasteiger partial charge on any atom is -0.493 e. The number of carbonyl (C=O) groups is 1. The summed E-state index contributed by atoms with van der Waals surface area (Å²) in [6, 6.07) is 7.46. The van der Waals surface area contributed by atoms with Crippen LogP contribution in [0.1, 0.15) is 11.1 Å². The Hall–Kier alpha value is -1.90. The molecule has 5 nitrogen and oxygen atoms in total. The van der Waals surface area contributed by atoms with Crippen molar-refractivity contribution >= 4 is 56.2 Å². The number of pyridine rings is 1. The largest absolute Gasteiger partial charge is 0.493 e. The van der Waals surface area contributed by atoms with Gasteiger partial charge in [0.1, 0.15) is 10.9 Å². The third-order valence-corrected chi connectivity index (χ3v) is 5.08. The molecular weight excluding hydrogens is 424 g/mol. The molecule has 1 amide bonds. The number of halogens is 1. The zero-order valence-electron chi connectivity index (χ0n) is 13.1. The molecule has 3 rings (SSSR count). The summed E-state index contributed by atoms with van der Waals surface area (Å²) in [7, 11) is 1.57. The van der Waals surface area contributed by atoms with Gasteiger partial charge in [-0.2, -0.15) is 0 Å². The zero-order chi connectivity index (χ0) is 17.8. The lowest BCUT2D eigenvalue weighted by molar-refractivity contribution is -0.115. The number of nitrogens with one attached hydrogen (secondary N) is 1. The molecule has 0 bridgehead atoms. The molecule has 2 aromatic rings. The fourth-order valence-electron chi connectivity index (χ4n) is 2.17. The van der Waals surface area contributed by atoms with Gasteiger partial charge in [0.2, 0.25) is 0 Å². The molecule has 0 radical (unpaired) electrons. The van der Waals surface area contributed by atoms with Crippen molar-refractivity contribution in [3.8, 4) is 11.5 Å². The summed E-state index contributed by atoms with van der Waals surface area (Å²) in [4.78, 5) is 16.3. The Labute approximate surface area is 162 Å². The molecule has 0 unspecified atom stereocenters. The first-order valence-electron chi connectivity index (χ1n) is 7.21. The quantitative estimate of drug-likeness (QED) is 0.565. The van der Waals surface area contributed by atoms with E-state index < -0.39 is 0 Å². The zero-order valence-corrected chi connectivity index (χ0v) is 16.3. The van der Waals surface area contributed by atoms with Crippen LogP contribution in [0.4, 0.5) is 0 Å². The van der Waals surface area contributed by atoms with Gasteiger partial charge in [0.25, 0.3) is 5.91 Å². The van der Waals surface area contributed by atoms with Crippen LogP contribution in [0.15, 0.2) is 46.0 Å². The highest BCUT2D eigenvalue weighted by atomic mass is 79.9. The molecule has 2 heterocycles. The van der Waals surface area contributed by atoms with E-state index >= 15 is 0 Å². The van der Waals surface area contributed by atoms with Gasteiger partial charge in [0.15, 0.2) is 11.5 Å². The lowest BCUT2D eigenvalue weighted by atomic mass is 10.2. The van der Waals surface area contributed by atoms with Gasteiger partial charge in [-0.3, -0.25) is 9.78 Å². The van der Waals surface area contributed by atoms with Crippen LogP contribution in [0.25, 0.3) is 6.08 Å². The van der Waals surface area contributed by atoms with Gasteiger partial charge in [-0.15, -0.1) is 0 Å². The number of methoxy groups -OCH3 is 1. The number of nitrogens with zero attached hydrogens (tertiary/aromatic N) is 1. The number of aromatic nitrogens is 1. The number of benzene rings is 1. The van der Waals surface area contributed by atoms with E-state index in [9.17, 15) is 4.79 Å². The summed E-state index contributed by atoms with van der Waals surface area (Å²) in [5.41, 5.74) is 1.81. The second-order valence-electron chi connectivity index (χ2n) is 5.03. The van der Waals surface area contributed by atoms with E-state index in [0.29, 0.717) is 27.3 Å². The third-order valence-electron chi connectivity index (χ3n) is 3.32. The molecule has 1 saturated heterocycles. The summed E-state index contributed by atoms with van der Waals surface area (Å²) < 4.78 is 12.5. The van der Waals surface area contributed by atoms with Crippen LogP contribution in [-0.2, 0) is 11.4 Å². The highest BCUT2D eigenvalue weighted by molar-refractivity contribution is 9.10. The van der Waals surface area contributed by atoms with Crippen molar-refractivity contribution in [2.45, 2.75) is 6.61 Å². The average molecular weight is 437 g/mol. The number of amides is 1. The number of hydrogen-bond acceptors (Lipinski definition) is 6. The van der Waals surface area contributed by atoms with Crippen LogP contribution in [-0.4, -0.2) is 22.3 Å². The van der Waals surface area contributed by atoms with Crippen LogP contribution in [0.5, 0.6) is 11.5 Å². The maximum atomic E-state index is 11.8. The molecule has 1 aliphatic heterocycles. The van der Waals surface area contributed by atoms with E-state index in [1.54, 1.807) is 25.6 Å². The van der Waals surface area contributed by atoms with E-state index in [1.807, 2.05) is 24.3 Å². The first kappa shape index (κ1) is 17.9. The van der Waals surface area contributed by atoms with Gasteiger partial charge >= 0.3 is 0 Å². The van der Waals surface area contributed by atoms with Gasteiger partial charge in [0.05, 0.1) is 16.5 Å². The highest BCUT2D eigenvalue weighted by Crippen LogP contribution is 2.38. The second-order valence-corrected chi connectivity index (χ2v) is 7.60. The lowest BCUT2D eigenvalue weighted by Crippen LogP contribution is -2.17. The predicted octanol–water partition coefficient (Wildman–Crippen LogP) is 3.92. The predicted molar refractivity (Wildman–Crippen MR) is 106 cm³/mol. The Balaban J connectivity index is 1.85. The Kier molecular flexibility index (Phi) is 5.72. The summed E-state index contributed by atoms with van der Waals surface area (Å²) in [5.74, 6) is 0.977. The molecule has 1 aromatic heterocycles. The Morgan fingerprint density at radius 2 is 2.12 bits per heavy atom. The third kappa shape index (κ3) is 4.39. The molecule has 8 heteroatoms. The van der Waals surface area contributed by atoms with Crippen molar-refractivity contribution in [2.75, 3.05) is 7.11 Å². The molecule has 0 saturated carbocycles. The Morgan fingerprint density at radius 1 is 1.36 bits per heavy atom. The lowest BCUT2D eigenvalue weighted by Gasteiger charge is -2.13. The first-order chi connectivity index (χ1) is 12.1. The molecule has 128 valence electrons. The van der Waals surface area contributed by atoms with Gasteiger partial charge < -0.3 is 14.8 Å². The van der Waals surface area contributed by atoms with Crippen LogP contribution in [0.2, 0.25) is 0 Å². The van der Waals surface area contributed by atoms with E-state index in [4.69, 9.17) is 21.7 Å². The SMILES string of the molecule is COc1cc(/C=C2/SC(=S)NC2=O)cc(Br)c1OCc1ccncc1. The maximum Gasteiger partial charge on any atom is 0.263 e. The Morgan fingerprint density at radius 3 is 2.76 bits per heavy atom. The van der Waals surface area contributed by atoms with Crippen LogP contribution >= 0.6 is 39.9 Å². The topological polar surface area (TPSA) is 60.5 Å². The van der Waals surface area contributed by atoms with Crippen molar-refractivity contribution in [1.29, 1.82) is 0 Å². The normalized spacial score (nSPS) is 15.4. The van der Waals surface area contributed by atoms with E-state index in [2.05, 4.69) is 26.2 Å². The summed E-state index contributed by atoms with van der Waals surface area (Å²) in [6.45, 7) is 0.393. The minimum atomic E-state index is -0.192. The van der Waals surface area contributed by atoms with Crippen LogP contribution in [0, 0.1) is 0 Å². The van der Waals surface area contributed by atoms with Crippen molar-refractivity contribution in [3.05, 3.63) is 57.2 Å². The van der Waals surface area contributed by atoms with Crippen molar-refractivity contribution in [1.82, 2.24) is 10.3 Å². The molecule has 0 atom stereocenters. The fraction of sp³-hybridized carbons (Fsp3) is 0.118. The molecule has 0 spiro atoms. The van der Waals surface area contributed by atoms with Gasteiger partial charge in [0, 0.05) is 12.4 Å². The number of carbonyl (C=O) groups excluding carboxylic acids is 1. The van der Waals surface area contributed by atoms with Gasteiger partial charge in [-0.25, -0.2) is 0 Å². The van der Waals surface area contributed by atoms with Crippen LogP contribution in [0.3, 0.4) is 0 Å². The van der Waals surface area contributed by atoms with E-state index in [1.165, 1.54) is 11.8 Å². The number of thioether (sulfide) groups is 1. The molecular formula is C17H13BrN2O3S2. The Bertz CT molecular complexity index is 856. The van der Waals surface area contributed by atoms with Crippen molar-refractivity contribution in [3.63, 3.8) is 0 Å². The monoisotopic (exact) mass is 436 g/mol. The maximum absolute atomic E-state index is 11.8. The highest BCUT2D eigenvalue weighted by Gasteiger charge is 2.22. The first-order valence-corrected chi connectivity index (χ1v) is 9.22. The smallest absolute Gasteiger partial charge is 0.263 e. The summed E-state index contributed by atoms with van der Waals surface area (Å²) >= 11 is 9.74. The van der Waals surface area contributed by atoms with E-state index in [-0.39, 0.29) is 5.91 Å². The molecule has 25 heavy (non-hydrogen) atoms.